The number of rotatable bonds is 6. The van der Waals surface area contributed by atoms with Crippen molar-refractivity contribution in [1.82, 2.24) is 9.79 Å². The highest BCUT2D eigenvalue weighted by atomic mass is 32.2. The smallest absolute Gasteiger partial charge is 0.276 e. The fourth-order valence-corrected chi connectivity index (χ4v) is 4.73. The fourth-order valence-electron chi connectivity index (χ4n) is 2.64. The van der Waals surface area contributed by atoms with E-state index in [0.29, 0.717) is 5.56 Å². The van der Waals surface area contributed by atoms with Gasteiger partial charge in [-0.3, -0.25) is 10.0 Å². The highest BCUT2D eigenvalue weighted by Crippen LogP contribution is 2.35. The van der Waals surface area contributed by atoms with Crippen molar-refractivity contribution in [2.45, 2.75) is 29.9 Å². The number of thiophene rings is 1. The summed E-state index contributed by atoms with van der Waals surface area (Å²) in [4.78, 5) is 12.3. The van der Waals surface area contributed by atoms with E-state index in [4.69, 9.17) is 9.94 Å². The lowest BCUT2D eigenvalue weighted by Gasteiger charge is -2.31. The summed E-state index contributed by atoms with van der Waals surface area (Å²) in [6.07, 6.45) is 0.673. The summed E-state index contributed by atoms with van der Waals surface area (Å²) in [5.74, 6) is 0.0714. The highest BCUT2D eigenvalue weighted by molar-refractivity contribution is 7.97. The number of nitrogens with zero attached hydrogens (tertiary/aromatic N) is 1. The van der Waals surface area contributed by atoms with E-state index in [0.717, 1.165) is 36.6 Å². The first-order valence-corrected chi connectivity index (χ1v) is 9.71. The quantitative estimate of drug-likeness (QED) is 0.406. The van der Waals surface area contributed by atoms with Gasteiger partial charge in [0.05, 0.1) is 0 Å². The standard InChI is InChI=1S/C17H20N2O4S2/c20-16(17(21)18-22)14-10-24-11-15(14)25-19-8-6-13(7-9-19)23-12-4-2-1-3-5-12/h1-5,10-11,13,16,20,22H,6-9H2,(H,18,21). The van der Waals surface area contributed by atoms with Crippen LogP contribution in [0.2, 0.25) is 0 Å². The summed E-state index contributed by atoms with van der Waals surface area (Å²) in [5.41, 5.74) is 2.01. The monoisotopic (exact) mass is 380 g/mol. The maximum atomic E-state index is 11.4. The minimum atomic E-state index is -1.36. The molecule has 1 amide bonds. The largest absolute Gasteiger partial charge is 0.490 e. The number of amides is 1. The Morgan fingerprint density at radius 3 is 2.68 bits per heavy atom. The highest BCUT2D eigenvalue weighted by Gasteiger charge is 2.25. The van der Waals surface area contributed by atoms with Crippen molar-refractivity contribution in [3.63, 3.8) is 0 Å². The fraction of sp³-hybridized carbons (Fsp3) is 0.353. The van der Waals surface area contributed by atoms with Crippen LogP contribution in [0.3, 0.4) is 0 Å². The zero-order chi connectivity index (χ0) is 17.6. The lowest BCUT2D eigenvalue weighted by atomic mass is 10.1. The van der Waals surface area contributed by atoms with Crippen molar-refractivity contribution in [1.29, 1.82) is 0 Å². The molecule has 134 valence electrons. The third kappa shape index (κ3) is 4.74. The van der Waals surface area contributed by atoms with E-state index in [1.54, 1.807) is 5.38 Å². The number of hydrogen-bond acceptors (Lipinski definition) is 7. The molecule has 1 aliphatic rings. The molecule has 1 unspecified atom stereocenters. The summed E-state index contributed by atoms with van der Waals surface area (Å²) in [6.45, 7) is 1.72. The molecule has 2 aromatic rings. The second-order valence-electron chi connectivity index (χ2n) is 5.72. The van der Waals surface area contributed by atoms with Crippen molar-refractivity contribution in [3.05, 3.63) is 46.7 Å². The number of hydroxylamine groups is 1. The Morgan fingerprint density at radius 1 is 1.28 bits per heavy atom. The molecule has 6 nitrogen and oxygen atoms in total. The molecule has 3 rings (SSSR count). The molecule has 0 aliphatic carbocycles. The molecule has 8 heteroatoms. The number of carbonyl (C=O) groups is 1. The number of piperidine rings is 1. The minimum Gasteiger partial charge on any atom is -0.490 e. The number of aliphatic hydroxyl groups excluding tert-OH is 1. The molecule has 1 aliphatic heterocycles. The van der Waals surface area contributed by atoms with E-state index in [-0.39, 0.29) is 6.10 Å². The van der Waals surface area contributed by atoms with E-state index >= 15 is 0 Å². The zero-order valence-corrected chi connectivity index (χ0v) is 15.1. The van der Waals surface area contributed by atoms with E-state index < -0.39 is 12.0 Å². The van der Waals surface area contributed by atoms with Crippen LogP contribution in [0.5, 0.6) is 5.75 Å². The molecule has 2 heterocycles. The second-order valence-corrected chi connectivity index (χ2v) is 7.60. The molecule has 1 aromatic carbocycles. The van der Waals surface area contributed by atoms with Gasteiger partial charge in [-0.2, -0.15) is 11.3 Å². The van der Waals surface area contributed by atoms with Crippen molar-refractivity contribution in [2.75, 3.05) is 13.1 Å². The summed E-state index contributed by atoms with van der Waals surface area (Å²) >= 11 is 2.95. The van der Waals surface area contributed by atoms with Crippen molar-refractivity contribution < 1.29 is 19.8 Å². The maximum absolute atomic E-state index is 11.4. The zero-order valence-electron chi connectivity index (χ0n) is 13.5. The number of benzene rings is 1. The maximum Gasteiger partial charge on any atom is 0.276 e. The van der Waals surface area contributed by atoms with E-state index in [1.165, 1.54) is 28.8 Å². The topological polar surface area (TPSA) is 82.0 Å². The number of aliphatic hydroxyl groups is 1. The third-order valence-corrected chi connectivity index (χ3v) is 6.07. The van der Waals surface area contributed by atoms with Crippen LogP contribution in [0, 0.1) is 0 Å². The first kappa shape index (κ1) is 18.2. The van der Waals surface area contributed by atoms with Gasteiger partial charge in [0.2, 0.25) is 0 Å². The van der Waals surface area contributed by atoms with Gasteiger partial charge in [0.15, 0.2) is 6.10 Å². The number of ether oxygens (including phenoxy) is 1. The van der Waals surface area contributed by atoms with Crippen LogP contribution < -0.4 is 10.2 Å². The van der Waals surface area contributed by atoms with Crippen molar-refractivity contribution in [2.24, 2.45) is 0 Å². The van der Waals surface area contributed by atoms with Crippen LogP contribution >= 0.6 is 23.3 Å². The van der Waals surface area contributed by atoms with E-state index in [2.05, 4.69) is 4.31 Å². The molecule has 0 spiro atoms. The summed E-state index contributed by atoms with van der Waals surface area (Å²) in [7, 11) is 0. The van der Waals surface area contributed by atoms with E-state index in [1.807, 2.05) is 35.7 Å². The van der Waals surface area contributed by atoms with Crippen LogP contribution in [0.1, 0.15) is 24.5 Å². The molecule has 0 saturated carbocycles. The predicted octanol–water partition coefficient (Wildman–Crippen LogP) is 2.84. The van der Waals surface area contributed by atoms with Crippen LogP contribution in [-0.2, 0) is 4.79 Å². The third-order valence-electron chi connectivity index (χ3n) is 3.98. The average Bonchev–Trinajstić information content (AvgIpc) is 3.11. The number of carbonyl (C=O) groups excluding carboxylic acids is 1. The predicted molar refractivity (Wildman–Crippen MR) is 96.7 cm³/mol. The molecule has 0 bridgehead atoms. The molecule has 1 fully saturated rings. The Labute approximate surface area is 154 Å². The summed E-state index contributed by atoms with van der Waals surface area (Å²) in [5, 5.41) is 22.3. The SMILES string of the molecule is O=C(NO)C(O)c1cscc1SN1CCC(Oc2ccccc2)CC1. The van der Waals surface area contributed by atoms with Crippen LogP contribution in [0.15, 0.2) is 46.0 Å². The molecule has 0 radical (unpaired) electrons. The van der Waals surface area contributed by atoms with Gasteiger partial charge in [0, 0.05) is 28.9 Å². The first-order chi connectivity index (χ1) is 12.2. The van der Waals surface area contributed by atoms with Crippen LogP contribution in [-0.4, -0.2) is 39.7 Å². The minimum absolute atomic E-state index is 0.201. The van der Waals surface area contributed by atoms with Crippen molar-refractivity contribution in [3.8, 4) is 5.75 Å². The molecule has 25 heavy (non-hydrogen) atoms. The van der Waals surface area contributed by atoms with Gasteiger partial charge in [-0.25, -0.2) is 9.79 Å². The molecule has 1 aromatic heterocycles. The van der Waals surface area contributed by atoms with Gasteiger partial charge in [-0.1, -0.05) is 18.2 Å². The van der Waals surface area contributed by atoms with Crippen molar-refractivity contribution >= 4 is 29.2 Å². The number of hydrogen-bond donors (Lipinski definition) is 3. The molecule has 1 saturated heterocycles. The Balaban J connectivity index is 1.53. The van der Waals surface area contributed by atoms with Crippen LogP contribution in [0.4, 0.5) is 0 Å². The van der Waals surface area contributed by atoms with Gasteiger partial charge in [-0.05, 0) is 42.3 Å². The van der Waals surface area contributed by atoms with Gasteiger partial charge >= 0.3 is 0 Å². The Kier molecular flexibility index (Phi) is 6.33. The average molecular weight is 380 g/mol. The summed E-state index contributed by atoms with van der Waals surface area (Å²) in [6, 6.07) is 9.83. The number of para-hydroxylation sites is 1. The van der Waals surface area contributed by atoms with Gasteiger partial charge in [0.25, 0.3) is 5.91 Å². The van der Waals surface area contributed by atoms with E-state index in [9.17, 15) is 9.90 Å². The Bertz CT molecular complexity index is 687. The second kappa shape index (κ2) is 8.68. The lowest BCUT2D eigenvalue weighted by Crippen LogP contribution is -2.34. The van der Waals surface area contributed by atoms with Gasteiger partial charge < -0.3 is 9.84 Å². The Hall–Kier alpha value is -1.58. The molecule has 3 N–H and O–H groups in total. The Morgan fingerprint density at radius 2 is 2.00 bits per heavy atom. The number of nitrogens with one attached hydrogen (secondary N) is 1. The molecular weight excluding hydrogens is 360 g/mol. The summed E-state index contributed by atoms with van der Waals surface area (Å²) < 4.78 is 8.20. The molecular formula is C17H20N2O4S2. The van der Waals surface area contributed by atoms with Gasteiger partial charge in [0.1, 0.15) is 11.9 Å². The molecule has 1 atom stereocenters. The lowest BCUT2D eigenvalue weighted by molar-refractivity contribution is -0.138. The van der Waals surface area contributed by atoms with Crippen LogP contribution in [0.25, 0.3) is 0 Å². The normalized spacial score (nSPS) is 17.2. The van der Waals surface area contributed by atoms with Gasteiger partial charge in [-0.15, -0.1) is 0 Å². The first-order valence-electron chi connectivity index (χ1n) is 8.00.